The van der Waals surface area contributed by atoms with E-state index in [0.717, 1.165) is 18.2 Å². The molecule has 0 aliphatic heterocycles. The summed E-state index contributed by atoms with van der Waals surface area (Å²) >= 11 is 0. The van der Waals surface area contributed by atoms with Crippen molar-refractivity contribution in [3.05, 3.63) is 46.4 Å². The molecule has 0 aliphatic rings. The molecule has 0 saturated heterocycles. The van der Waals surface area contributed by atoms with Gasteiger partial charge in [-0.3, -0.25) is 9.36 Å². The molecule has 7 nitrogen and oxygen atoms in total. The molecule has 3 aromatic rings. The average Bonchev–Trinajstić information content (AvgIpc) is 2.59. The summed E-state index contributed by atoms with van der Waals surface area (Å²) in [5, 5.41) is 0. The Hall–Kier alpha value is -2.94. The van der Waals surface area contributed by atoms with Crippen LogP contribution in [0, 0.1) is 11.6 Å². The molecule has 2 aromatic heterocycles. The van der Waals surface area contributed by atoms with Crippen molar-refractivity contribution in [3.63, 3.8) is 0 Å². The number of benzene rings is 1. The summed E-state index contributed by atoms with van der Waals surface area (Å²) in [5.41, 5.74) is -0.0804. The fraction of sp³-hybridized carbons (Fsp3) is 0.250. The summed E-state index contributed by atoms with van der Waals surface area (Å²) < 4.78 is 38.3. The van der Waals surface area contributed by atoms with Crippen molar-refractivity contribution in [2.45, 2.75) is 6.54 Å². The van der Waals surface area contributed by atoms with Crippen LogP contribution < -0.4 is 10.3 Å². The Balaban J connectivity index is 2.29. The lowest BCUT2D eigenvalue weighted by Crippen LogP contribution is -2.26. The lowest BCUT2D eigenvalue weighted by Gasteiger charge is -2.11. The number of rotatable bonds is 5. The minimum atomic E-state index is -0.800. The van der Waals surface area contributed by atoms with Crippen LogP contribution in [0.15, 0.2) is 29.2 Å². The quantitative estimate of drug-likeness (QED) is 0.699. The van der Waals surface area contributed by atoms with E-state index in [1.54, 1.807) is 0 Å². The highest BCUT2D eigenvalue weighted by Crippen LogP contribution is 2.20. The average molecular weight is 348 g/mol. The van der Waals surface area contributed by atoms with Gasteiger partial charge in [0.15, 0.2) is 5.65 Å². The zero-order valence-electron chi connectivity index (χ0n) is 13.5. The second kappa shape index (κ2) is 6.89. The molecule has 0 atom stereocenters. The largest absolute Gasteiger partial charge is 0.467 e. The number of fused-ring (bicyclic) bond motifs is 1. The van der Waals surface area contributed by atoms with E-state index in [0.29, 0.717) is 0 Å². The van der Waals surface area contributed by atoms with Crippen molar-refractivity contribution in [2.24, 2.45) is 0 Å². The highest BCUT2D eigenvalue weighted by atomic mass is 19.1. The second-order valence-corrected chi connectivity index (χ2v) is 5.13. The van der Waals surface area contributed by atoms with E-state index in [1.807, 2.05) is 0 Å². The van der Waals surface area contributed by atoms with E-state index in [-0.39, 0.29) is 41.6 Å². The van der Waals surface area contributed by atoms with E-state index in [2.05, 4.69) is 15.0 Å². The van der Waals surface area contributed by atoms with Gasteiger partial charge in [-0.2, -0.15) is 4.98 Å². The van der Waals surface area contributed by atoms with Gasteiger partial charge in [-0.1, -0.05) is 0 Å². The maximum absolute atomic E-state index is 13.5. The van der Waals surface area contributed by atoms with E-state index in [9.17, 15) is 13.6 Å². The van der Waals surface area contributed by atoms with Gasteiger partial charge >= 0.3 is 6.01 Å². The number of ether oxygens (including phenoxy) is 2. The van der Waals surface area contributed by atoms with Crippen LogP contribution in [0.1, 0.15) is 0 Å². The molecule has 3 rings (SSSR count). The minimum absolute atomic E-state index is 0.0337. The van der Waals surface area contributed by atoms with Crippen LogP contribution in [0.3, 0.4) is 0 Å². The lowest BCUT2D eigenvalue weighted by molar-refractivity contribution is 0.187. The van der Waals surface area contributed by atoms with E-state index >= 15 is 0 Å². The smallest absolute Gasteiger partial charge is 0.318 e. The number of hydrogen-bond donors (Lipinski definition) is 0. The number of halogens is 2. The van der Waals surface area contributed by atoms with Crippen molar-refractivity contribution in [2.75, 3.05) is 20.8 Å². The van der Waals surface area contributed by atoms with Crippen LogP contribution in [0.5, 0.6) is 6.01 Å². The molecule has 0 fully saturated rings. The molecule has 0 amide bonds. The molecule has 0 unspecified atom stereocenters. The normalized spacial score (nSPS) is 11.0. The molecule has 9 heteroatoms. The SMILES string of the molecule is COCCn1c(=O)c(-c2cc(F)cc(F)c2)nc2cnc(OC)nc21. The van der Waals surface area contributed by atoms with Gasteiger partial charge in [0.05, 0.1) is 26.5 Å². The second-order valence-electron chi connectivity index (χ2n) is 5.13. The van der Waals surface area contributed by atoms with E-state index in [4.69, 9.17) is 9.47 Å². The minimum Gasteiger partial charge on any atom is -0.467 e. The zero-order chi connectivity index (χ0) is 18.0. The molecular formula is C16H14F2N4O3. The van der Waals surface area contributed by atoms with Crippen molar-refractivity contribution in [1.82, 2.24) is 19.5 Å². The molecule has 0 N–H and O–H groups in total. The first-order chi connectivity index (χ1) is 12.0. The predicted octanol–water partition coefficient (Wildman–Crippen LogP) is 1.79. The van der Waals surface area contributed by atoms with E-state index < -0.39 is 17.2 Å². The van der Waals surface area contributed by atoms with Crippen LogP contribution in [0.4, 0.5) is 8.78 Å². The lowest BCUT2D eigenvalue weighted by atomic mass is 10.1. The Morgan fingerprint density at radius 2 is 1.84 bits per heavy atom. The van der Waals surface area contributed by atoms with Gasteiger partial charge in [0, 0.05) is 18.7 Å². The molecule has 2 heterocycles. The van der Waals surface area contributed by atoms with Gasteiger partial charge in [0.2, 0.25) is 0 Å². The summed E-state index contributed by atoms with van der Waals surface area (Å²) in [7, 11) is 2.89. The number of nitrogens with zero attached hydrogens (tertiary/aromatic N) is 4. The summed E-state index contributed by atoms with van der Waals surface area (Å²) in [5.74, 6) is -1.60. The highest BCUT2D eigenvalue weighted by molar-refractivity contribution is 5.73. The van der Waals surface area contributed by atoms with Gasteiger partial charge in [-0.15, -0.1) is 0 Å². The van der Waals surface area contributed by atoms with Gasteiger partial charge in [0.25, 0.3) is 5.56 Å². The molecule has 0 radical (unpaired) electrons. The first-order valence-electron chi connectivity index (χ1n) is 7.30. The standard InChI is InChI=1S/C16H14F2N4O3/c1-24-4-3-22-14-12(8-19-16(21-14)25-2)20-13(15(22)23)9-5-10(17)7-11(18)6-9/h5-8H,3-4H2,1-2H3. The van der Waals surface area contributed by atoms with E-state index in [1.165, 1.54) is 25.0 Å². The predicted molar refractivity (Wildman–Crippen MR) is 85.4 cm³/mol. The Labute approximate surface area is 140 Å². The van der Waals surface area contributed by atoms with Crippen LogP contribution in [-0.2, 0) is 11.3 Å². The van der Waals surface area contributed by atoms with Crippen LogP contribution in [0.25, 0.3) is 22.4 Å². The molecule has 25 heavy (non-hydrogen) atoms. The Morgan fingerprint density at radius 3 is 2.48 bits per heavy atom. The third kappa shape index (κ3) is 3.31. The van der Waals surface area contributed by atoms with Crippen molar-refractivity contribution < 1.29 is 18.3 Å². The van der Waals surface area contributed by atoms with Crippen LogP contribution >= 0.6 is 0 Å². The summed E-state index contributed by atoms with van der Waals surface area (Å²) in [6.07, 6.45) is 1.38. The fourth-order valence-corrected chi connectivity index (χ4v) is 2.39. The third-order valence-electron chi connectivity index (χ3n) is 3.50. The molecule has 0 aliphatic carbocycles. The Bertz CT molecular complexity index is 971. The number of methoxy groups -OCH3 is 2. The first-order valence-corrected chi connectivity index (χ1v) is 7.30. The molecule has 130 valence electrons. The summed E-state index contributed by atoms with van der Waals surface area (Å²) in [4.78, 5) is 25.1. The van der Waals surface area contributed by atoms with Crippen molar-refractivity contribution in [1.29, 1.82) is 0 Å². The van der Waals surface area contributed by atoms with Gasteiger partial charge in [0.1, 0.15) is 22.8 Å². The third-order valence-corrected chi connectivity index (χ3v) is 3.50. The van der Waals surface area contributed by atoms with Gasteiger partial charge in [-0.05, 0) is 12.1 Å². The van der Waals surface area contributed by atoms with Crippen LogP contribution in [-0.4, -0.2) is 40.3 Å². The molecule has 0 saturated carbocycles. The number of hydrogen-bond acceptors (Lipinski definition) is 6. The summed E-state index contributed by atoms with van der Waals surface area (Å²) in [6.45, 7) is 0.418. The topological polar surface area (TPSA) is 79.1 Å². The van der Waals surface area contributed by atoms with Crippen molar-refractivity contribution >= 4 is 11.2 Å². The molecular weight excluding hydrogens is 334 g/mol. The Kier molecular flexibility index (Phi) is 4.66. The fourth-order valence-electron chi connectivity index (χ4n) is 2.39. The van der Waals surface area contributed by atoms with Crippen molar-refractivity contribution in [3.8, 4) is 17.3 Å². The highest BCUT2D eigenvalue weighted by Gasteiger charge is 2.16. The van der Waals surface area contributed by atoms with Crippen LogP contribution in [0.2, 0.25) is 0 Å². The Morgan fingerprint density at radius 1 is 1.12 bits per heavy atom. The maximum Gasteiger partial charge on any atom is 0.318 e. The summed E-state index contributed by atoms with van der Waals surface area (Å²) in [6, 6.07) is 2.89. The first kappa shape index (κ1) is 16.9. The molecule has 0 spiro atoms. The monoisotopic (exact) mass is 348 g/mol. The maximum atomic E-state index is 13.5. The number of aromatic nitrogens is 4. The molecule has 0 bridgehead atoms. The van der Waals surface area contributed by atoms with Gasteiger partial charge in [-0.25, -0.2) is 18.7 Å². The molecule has 1 aromatic carbocycles. The van der Waals surface area contributed by atoms with Gasteiger partial charge < -0.3 is 9.47 Å². The zero-order valence-corrected chi connectivity index (χ0v) is 13.5.